The summed E-state index contributed by atoms with van der Waals surface area (Å²) in [5.74, 6) is 2.22. The number of thiophene rings is 2. The number of fused-ring (bicyclic) bond motifs is 10. The summed E-state index contributed by atoms with van der Waals surface area (Å²) in [6.45, 7) is 26.2. The minimum Gasteiger partial charge on any atom is -0.485 e. The second kappa shape index (κ2) is 6.88. The van der Waals surface area contributed by atoms with Crippen molar-refractivity contribution in [3.8, 4) is 11.5 Å². The lowest BCUT2D eigenvalue weighted by atomic mass is 10.3. The van der Waals surface area contributed by atoms with Crippen molar-refractivity contribution in [3.05, 3.63) is 11.4 Å². The van der Waals surface area contributed by atoms with Gasteiger partial charge in [-0.2, -0.15) is 11.3 Å². The van der Waals surface area contributed by atoms with Gasteiger partial charge in [0, 0.05) is 18.0 Å². The molecule has 5 rings (SSSR count). The van der Waals surface area contributed by atoms with Crippen LogP contribution in [0, 0.1) is 13.8 Å². The van der Waals surface area contributed by atoms with Gasteiger partial charge in [-0.15, -0.1) is 11.3 Å². The molecule has 4 nitrogen and oxygen atoms in total. The smallest absolute Gasteiger partial charge is 0.170 e. The van der Waals surface area contributed by atoms with Crippen LogP contribution in [-0.4, -0.2) is 53.5 Å². The minimum absolute atomic E-state index is 0.668. The quantitative estimate of drug-likeness (QED) is 0.413. The van der Waals surface area contributed by atoms with Crippen molar-refractivity contribution in [3.63, 3.8) is 0 Å². The first-order valence-corrected chi connectivity index (χ1v) is 27.1. The lowest BCUT2D eigenvalue weighted by molar-refractivity contribution is 0.176. The van der Waals surface area contributed by atoms with Gasteiger partial charge in [-0.1, -0.05) is 52.4 Å². The van der Waals surface area contributed by atoms with Crippen LogP contribution in [0.2, 0.25) is 52.4 Å². The van der Waals surface area contributed by atoms with E-state index in [0.29, 0.717) is 13.2 Å². The van der Waals surface area contributed by atoms with Crippen LogP contribution in [-0.2, 0) is 0 Å². The molecule has 3 aromatic heterocycles. The minimum atomic E-state index is -1.89. The number of aryl methyl sites for hydroxylation is 2. The van der Waals surface area contributed by atoms with Gasteiger partial charge in [0.1, 0.15) is 13.2 Å². The highest BCUT2D eigenvalue weighted by molar-refractivity contribution is 7.67. The fourth-order valence-corrected chi connectivity index (χ4v) is 36.7. The molecule has 0 unspecified atom stereocenters. The van der Waals surface area contributed by atoms with Crippen molar-refractivity contribution in [1.29, 1.82) is 0 Å². The molecule has 0 amide bonds. The monoisotopic (exact) mass is 534 g/mol. The summed E-state index contributed by atoms with van der Waals surface area (Å²) in [7, 11) is -7.54. The van der Waals surface area contributed by atoms with E-state index in [-0.39, 0.29) is 0 Å². The van der Waals surface area contributed by atoms with Crippen LogP contribution < -0.4 is 27.5 Å². The summed E-state index contributed by atoms with van der Waals surface area (Å²) in [6.07, 6.45) is 0. The van der Waals surface area contributed by atoms with Gasteiger partial charge in [-0.05, 0) is 13.8 Å². The Balaban J connectivity index is 1.97. The van der Waals surface area contributed by atoms with Gasteiger partial charge in [-0.25, -0.2) is 9.97 Å². The molecule has 0 spiro atoms. The predicted molar refractivity (Wildman–Crippen MR) is 151 cm³/mol. The fraction of sp³-hybridized carbons (Fsp3) is 0.545. The third-order valence-electron chi connectivity index (χ3n) is 8.74. The van der Waals surface area contributed by atoms with E-state index in [1.807, 2.05) is 0 Å². The third-order valence-corrected chi connectivity index (χ3v) is 53.3. The van der Waals surface area contributed by atoms with Crippen LogP contribution in [0.15, 0.2) is 0 Å². The molecule has 32 heavy (non-hydrogen) atoms. The topological polar surface area (TPSA) is 44.2 Å². The zero-order valence-electron chi connectivity index (χ0n) is 20.9. The van der Waals surface area contributed by atoms with Gasteiger partial charge in [0.2, 0.25) is 0 Å². The van der Waals surface area contributed by atoms with Crippen LogP contribution in [0.3, 0.4) is 0 Å². The molecule has 0 aromatic carbocycles. The Morgan fingerprint density at radius 2 is 0.875 bits per heavy atom. The number of ether oxygens (including phenoxy) is 2. The van der Waals surface area contributed by atoms with Gasteiger partial charge in [0.05, 0.1) is 52.8 Å². The highest BCUT2D eigenvalue weighted by Gasteiger charge is 2.56. The molecule has 0 atom stereocenters. The molecule has 2 aliphatic rings. The summed E-state index contributed by atoms with van der Waals surface area (Å²) in [4.78, 5) is 10.4. The fourth-order valence-electron chi connectivity index (χ4n) is 4.87. The lowest BCUT2D eigenvalue weighted by Gasteiger charge is -2.39. The van der Waals surface area contributed by atoms with E-state index in [2.05, 4.69) is 88.9 Å². The summed E-state index contributed by atoms with van der Waals surface area (Å²) in [5, 5.41) is 0. The molecule has 0 saturated carbocycles. The normalized spacial score (nSPS) is 22.1. The van der Waals surface area contributed by atoms with Crippen LogP contribution >= 0.6 is 22.7 Å². The van der Waals surface area contributed by atoms with Crippen molar-refractivity contribution in [2.24, 2.45) is 0 Å². The van der Waals surface area contributed by atoms with Crippen LogP contribution in [0.4, 0.5) is 0 Å². The summed E-state index contributed by atoms with van der Waals surface area (Å²) in [5.41, 5.74) is 4.59. The molecule has 2 aliphatic heterocycles. The molecule has 0 aliphatic carbocycles. The van der Waals surface area contributed by atoms with E-state index < -0.39 is 30.4 Å². The predicted octanol–water partition coefficient (Wildman–Crippen LogP) is 3.67. The number of hydrogen-bond acceptors (Lipinski definition) is 6. The maximum absolute atomic E-state index is 6.40. The average molecular weight is 535 g/mol. The SMILES string of the molecule is Cc1nc2c3sc(c2nc1C)[Si](C)(C)[Si](C)(C)c1sc(c2c1OCCO2)[Si](C)(C)[Si]3(C)C. The molecular weight excluding hydrogens is 501 g/mol. The van der Waals surface area contributed by atoms with Crippen molar-refractivity contribution in [2.45, 2.75) is 66.2 Å². The summed E-state index contributed by atoms with van der Waals surface area (Å²) >= 11 is 4.18. The van der Waals surface area contributed by atoms with Crippen molar-refractivity contribution in [2.75, 3.05) is 13.2 Å². The highest BCUT2D eigenvalue weighted by atomic mass is 32.1. The first kappa shape index (κ1) is 23.0. The summed E-state index contributed by atoms with van der Waals surface area (Å²) in [6, 6.07) is 0. The molecular formula is C22H34N2O2S2Si4. The number of nitrogens with zero attached hydrogens (tertiary/aromatic N) is 2. The Morgan fingerprint density at radius 3 is 1.25 bits per heavy atom. The first-order chi connectivity index (χ1) is 14.7. The van der Waals surface area contributed by atoms with Crippen LogP contribution in [0.25, 0.3) is 11.0 Å². The number of rotatable bonds is 0. The average Bonchev–Trinajstić information content (AvgIpc) is 3.27. The second-order valence-electron chi connectivity index (χ2n) is 11.5. The molecule has 0 radical (unpaired) electrons. The molecule has 0 saturated heterocycles. The van der Waals surface area contributed by atoms with Crippen molar-refractivity contribution >= 4 is 82.1 Å². The number of hydrogen-bond donors (Lipinski definition) is 0. The van der Waals surface area contributed by atoms with Crippen molar-refractivity contribution < 1.29 is 9.47 Å². The molecule has 0 N–H and O–H groups in total. The van der Waals surface area contributed by atoms with E-state index in [0.717, 1.165) is 22.9 Å². The van der Waals surface area contributed by atoms with Crippen LogP contribution in [0.1, 0.15) is 11.4 Å². The lowest BCUT2D eigenvalue weighted by Crippen LogP contribution is -2.70. The highest BCUT2D eigenvalue weighted by Crippen LogP contribution is 2.41. The van der Waals surface area contributed by atoms with Gasteiger partial charge in [0.15, 0.2) is 11.5 Å². The van der Waals surface area contributed by atoms with Crippen LogP contribution in [0.5, 0.6) is 11.5 Å². The molecule has 10 heteroatoms. The molecule has 4 bridgehead atoms. The van der Waals surface area contributed by atoms with Gasteiger partial charge in [-0.3, -0.25) is 0 Å². The Labute approximate surface area is 203 Å². The maximum Gasteiger partial charge on any atom is 0.170 e. The van der Waals surface area contributed by atoms with E-state index in [1.165, 1.54) is 20.0 Å². The largest absolute Gasteiger partial charge is 0.485 e. The Kier molecular flexibility index (Phi) is 4.94. The van der Waals surface area contributed by atoms with E-state index in [4.69, 9.17) is 19.4 Å². The molecule has 3 aromatic rings. The van der Waals surface area contributed by atoms with Gasteiger partial charge in [0.25, 0.3) is 0 Å². The third kappa shape index (κ3) is 2.73. The Bertz CT molecular complexity index is 1180. The van der Waals surface area contributed by atoms with Crippen molar-refractivity contribution in [1.82, 2.24) is 9.97 Å². The zero-order valence-corrected chi connectivity index (χ0v) is 26.6. The van der Waals surface area contributed by atoms with E-state index in [9.17, 15) is 0 Å². The molecule has 172 valence electrons. The second-order valence-corrected chi connectivity index (χ2v) is 45.0. The Morgan fingerprint density at radius 1 is 0.562 bits per heavy atom. The van der Waals surface area contributed by atoms with E-state index in [1.54, 1.807) is 9.00 Å². The maximum atomic E-state index is 6.40. The van der Waals surface area contributed by atoms with Gasteiger partial charge >= 0.3 is 0 Å². The first-order valence-electron chi connectivity index (χ1n) is 11.4. The molecule has 5 heterocycles. The number of aromatic nitrogens is 2. The standard InChI is InChI=1S/C22H34N2O2S2Si4/c1-13-14(2)24-16-15(23-13)19-27-20(16)30(5,6)32(9,10)22-18-17(25-11-12-26-18)21(28-22)31(7,8)29(19,3)4/h11-12H2,1-10H3. The summed E-state index contributed by atoms with van der Waals surface area (Å²) < 4.78 is 19.0. The van der Waals surface area contributed by atoms with Gasteiger partial charge < -0.3 is 9.47 Å². The zero-order chi connectivity index (χ0) is 23.4. The molecule has 0 fully saturated rings. The Hall–Kier alpha value is -0.792. The van der Waals surface area contributed by atoms with E-state index >= 15 is 0 Å².